The molecule has 3 aromatic carbocycles. The summed E-state index contributed by atoms with van der Waals surface area (Å²) in [7, 11) is -3.50. The molecular weight excluding hydrogens is 499 g/mol. The van der Waals surface area contributed by atoms with Crippen LogP contribution in [0.25, 0.3) is 0 Å². The van der Waals surface area contributed by atoms with Crippen LogP contribution < -0.4 is 14.4 Å². The summed E-state index contributed by atoms with van der Waals surface area (Å²) in [6, 6.07) is 19.4. The van der Waals surface area contributed by atoms with Crippen LogP contribution in [0.3, 0.4) is 0 Å². The highest BCUT2D eigenvalue weighted by Crippen LogP contribution is 2.24. The van der Waals surface area contributed by atoms with E-state index >= 15 is 0 Å². The van der Waals surface area contributed by atoms with Gasteiger partial charge in [0.2, 0.25) is 10.0 Å². The fourth-order valence-electron chi connectivity index (χ4n) is 2.92. The van der Waals surface area contributed by atoms with E-state index in [1.807, 2.05) is 6.07 Å². The molecule has 0 bridgehead atoms. The van der Waals surface area contributed by atoms with Crippen molar-refractivity contribution in [1.29, 1.82) is 0 Å². The van der Waals surface area contributed by atoms with Crippen molar-refractivity contribution in [2.45, 2.75) is 6.54 Å². The lowest BCUT2D eigenvalue weighted by Gasteiger charge is -2.23. The van der Waals surface area contributed by atoms with E-state index in [0.29, 0.717) is 17.0 Å². The Morgan fingerprint density at radius 3 is 2.38 bits per heavy atom. The Balaban J connectivity index is 1.57. The molecule has 3 rings (SSSR count). The summed E-state index contributed by atoms with van der Waals surface area (Å²) >= 11 is 3.36. The van der Waals surface area contributed by atoms with Gasteiger partial charge in [0.1, 0.15) is 18.2 Å². The second kappa shape index (κ2) is 10.6. The van der Waals surface area contributed by atoms with E-state index in [0.717, 1.165) is 16.3 Å². The fraction of sp³-hybridized carbons (Fsp3) is 0.174. The lowest BCUT2D eigenvalue weighted by atomic mass is 10.1. The number of nitrogens with one attached hydrogen (secondary N) is 1. The first kappa shape index (κ1) is 23.7. The first-order valence-corrected chi connectivity index (χ1v) is 12.4. The quantitative estimate of drug-likeness (QED) is 0.425. The maximum absolute atomic E-state index is 12.9. The van der Waals surface area contributed by atoms with Gasteiger partial charge in [-0.3, -0.25) is 9.10 Å². The number of anilines is 1. The summed E-state index contributed by atoms with van der Waals surface area (Å²) in [4.78, 5) is 12.3. The van der Waals surface area contributed by atoms with Crippen LogP contribution in [0.1, 0.15) is 15.9 Å². The fourth-order valence-corrected chi connectivity index (χ4v) is 4.19. The molecule has 0 spiro atoms. The minimum absolute atomic E-state index is 0.142. The summed E-state index contributed by atoms with van der Waals surface area (Å²) in [6.45, 7) is 0.664. The minimum Gasteiger partial charge on any atom is -0.492 e. The third kappa shape index (κ3) is 6.80. The number of ether oxygens (including phenoxy) is 1. The van der Waals surface area contributed by atoms with Crippen LogP contribution in [0.4, 0.5) is 10.1 Å². The Hall–Kier alpha value is -2.91. The molecular formula is C23H22BrFN2O4S. The van der Waals surface area contributed by atoms with Gasteiger partial charge in [-0.05, 0) is 60.2 Å². The van der Waals surface area contributed by atoms with Gasteiger partial charge in [0.15, 0.2) is 0 Å². The van der Waals surface area contributed by atoms with Gasteiger partial charge < -0.3 is 10.1 Å². The summed E-state index contributed by atoms with van der Waals surface area (Å²) in [5.74, 6) is -0.0949. The van der Waals surface area contributed by atoms with Gasteiger partial charge in [0.05, 0.1) is 25.0 Å². The predicted octanol–water partition coefficient (Wildman–Crippen LogP) is 4.36. The molecule has 0 atom stereocenters. The molecule has 0 aromatic heterocycles. The second-order valence-corrected chi connectivity index (χ2v) is 9.83. The Kier molecular flexibility index (Phi) is 7.87. The number of hydrogen-bond donors (Lipinski definition) is 1. The normalized spacial score (nSPS) is 11.1. The molecule has 0 aliphatic heterocycles. The van der Waals surface area contributed by atoms with Crippen LogP contribution in [0.5, 0.6) is 5.75 Å². The van der Waals surface area contributed by atoms with Crippen molar-refractivity contribution in [3.63, 3.8) is 0 Å². The zero-order valence-corrected chi connectivity index (χ0v) is 19.7. The molecule has 0 heterocycles. The third-order valence-electron chi connectivity index (χ3n) is 4.51. The summed E-state index contributed by atoms with van der Waals surface area (Å²) < 4.78 is 45.0. The van der Waals surface area contributed by atoms with Crippen LogP contribution in [0.2, 0.25) is 0 Å². The van der Waals surface area contributed by atoms with E-state index in [-0.39, 0.29) is 31.4 Å². The molecule has 32 heavy (non-hydrogen) atoms. The number of sulfonamides is 1. The number of hydrogen-bond acceptors (Lipinski definition) is 4. The summed E-state index contributed by atoms with van der Waals surface area (Å²) in [5.41, 5.74) is 1.74. The van der Waals surface area contributed by atoms with Gasteiger partial charge in [0.25, 0.3) is 5.91 Å². The van der Waals surface area contributed by atoms with Crippen LogP contribution in [0, 0.1) is 5.82 Å². The Labute approximate surface area is 195 Å². The average molecular weight is 521 g/mol. The Bertz CT molecular complexity index is 1170. The van der Waals surface area contributed by atoms with Crippen molar-refractivity contribution in [1.82, 2.24) is 5.32 Å². The van der Waals surface area contributed by atoms with Gasteiger partial charge in [-0.15, -0.1) is 0 Å². The molecule has 0 aliphatic rings. The number of carbonyl (C=O) groups excluding carboxylic acids is 1. The molecule has 9 heteroatoms. The SMILES string of the molecule is CS(=O)(=O)N(Cc1ccc(C(=O)NCCOc2ccc(F)cc2)cc1)c1cccc(Br)c1. The number of rotatable bonds is 9. The van der Waals surface area contributed by atoms with Crippen LogP contribution >= 0.6 is 15.9 Å². The Morgan fingerprint density at radius 1 is 1.06 bits per heavy atom. The highest BCUT2D eigenvalue weighted by atomic mass is 79.9. The molecule has 1 N–H and O–H groups in total. The highest BCUT2D eigenvalue weighted by Gasteiger charge is 2.18. The van der Waals surface area contributed by atoms with Crippen molar-refractivity contribution >= 4 is 37.5 Å². The van der Waals surface area contributed by atoms with Crippen LogP contribution in [-0.4, -0.2) is 33.7 Å². The standard InChI is InChI=1S/C23H22BrFN2O4S/c1-32(29,30)27(21-4-2-3-19(24)15-21)16-17-5-7-18(8-6-17)23(28)26-13-14-31-22-11-9-20(25)10-12-22/h2-12,15H,13-14,16H2,1H3,(H,26,28). The smallest absolute Gasteiger partial charge is 0.251 e. The van der Waals surface area contributed by atoms with Crippen LogP contribution in [-0.2, 0) is 16.6 Å². The summed E-state index contributed by atoms with van der Waals surface area (Å²) in [5, 5.41) is 2.75. The lowest BCUT2D eigenvalue weighted by molar-refractivity contribution is 0.0947. The van der Waals surface area contributed by atoms with Crippen molar-refractivity contribution in [2.75, 3.05) is 23.7 Å². The van der Waals surface area contributed by atoms with E-state index in [9.17, 15) is 17.6 Å². The molecule has 0 aliphatic carbocycles. The van der Waals surface area contributed by atoms with Gasteiger partial charge >= 0.3 is 0 Å². The number of carbonyl (C=O) groups is 1. The van der Waals surface area contributed by atoms with Gasteiger partial charge in [-0.1, -0.05) is 34.1 Å². The molecule has 0 saturated heterocycles. The van der Waals surface area contributed by atoms with Crippen molar-refractivity contribution in [2.24, 2.45) is 0 Å². The number of benzene rings is 3. The number of halogens is 2. The van der Waals surface area contributed by atoms with Crippen molar-refractivity contribution in [3.05, 3.63) is 94.2 Å². The van der Waals surface area contributed by atoms with E-state index in [2.05, 4.69) is 21.2 Å². The number of amides is 1. The molecule has 3 aromatic rings. The zero-order valence-electron chi connectivity index (χ0n) is 17.3. The molecule has 0 radical (unpaired) electrons. The molecule has 0 unspecified atom stereocenters. The van der Waals surface area contributed by atoms with E-state index in [1.165, 1.54) is 28.6 Å². The van der Waals surface area contributed by atoms with Crippen LogP contribution in [0.15, 0.2) is 77.3 Å². The molecule has 0 saturated carbocycles. The third-order valence-corrected chi connectivity index (χ3v) is 6.14. The first-order chi connectivity index (χ1) is 15.2. The zero-order chi connectivity index (χ0) is 23.1. The maximum atomic E-state index is 12.9. The molecule has 1 amide bonds. The van der Waals surface area contributed by atoms with Gasteiger partial charge in [0, 0.05) is 10.0 Å². The predicted molar refractivity (Wildman–Crippen MR) is 126 cm³/mol. The topological polar surface area (TPSA) is 75.7 Å². The highest BCUT2D eigenvalue weighted by molar-refractivity contribution is 9.10. The lowest BCUT2D eigenvalue weighted by Crippen LogP contribution is -2.29. The largest absolute Gasteiger partial charge is 0.492 e. The van der Waals surface area contributed by atoms with Crippen molar-refractivity contribution in [3.8, 4) is 5.75 Å². The summed E-state index contributed by atoms with van der Waals surface area (Å²) in [6.07, 6.45) is 1.16. The second-order valence-electron chi connectivity index (χ2n) is 7.00. The van der Waals surface area contributed by atoms with Gasteiger partial charge in [-0.25, -0.2) is 12.8 Å². The van der Waals surface area contributed by atoms with Crippen molar-refractivity contribution < 1.29 is 22.3 Å². The molecule has 6 nitrogen and oxygen atoms in total. The van der Waals surface area contributed by atoms with E-state index in [1.54, 1.807) is 42.5 Å². The maximum Gasteiger partial charge on any atom is 0.251 e. The molecule has 0 fully saturated rings. The van der Waals surface area contributed by atoms with Gasteiger partial charge in [-0.2, -0.15) is 0 Å². The average Bonchev–Trinajstić information content (AvgIpc) is 2.76. The Morgan fingerprint density at radius 2 is 1.75 bits per heavy atom. The molecule has 168 valence electrons. The number of nitrogens with zero attached hydrogens (tertiary/aromatic N) is 1. The monoisotopic (exact) mass is 520 g/mol. The van der Waals surface area contributed by atoms with E-state index in [4.69, 9.17) is 4.74 Å². The van der Waals surface area contributed by atoms with E-state index < -0.39 is 10.0 Å². The first-order valence-electron chi connectivity index (χ1n) is 9.71. The minimum atomic E-state index is -3.50.